The molecule has 2 N–H and O–H groups in total. The van der Waals surface area contributed by atoms with Gasteiger partial charge in [-0.2, -0.15) is 0 Å². The molecule has 1 aliphatic rings. The minimum absolute atomic E-state index is 0.176. The van der Waals surface area contributed by atoms with E-state index < -0.39 is 6.10 Å². The van der Waals surface area contributed by atoms with Crippen molar-refractivity contribution in [1.29, 1.82) is 0 Å². The van der Waals surface area contributed by atoms with Gasteiger partial charge < -0.3 is 19.9 Å². The zero-order chi connectivity index (χ0) is 14.8. The molecule has 0 radical (unpaired) electrons. The van der Waals surface area contributed by atoms with E-state index in [2.05, 4.69) is 5.32 Å². The number of nitrogens with one attached hydrogen (secondary N) is 1. The molecular formula is C15H21NO4. The molecule has 1 aromatic carbocycles. The Labute approximate surface area is 118 Å². The molecule has 0 aliphatic carbocycles. The number of rotatable bonds is 4. The average Bonchev–Trinajstić information content (AvgIpc) is 2.84. The van der Waals surface area contributed by atoms with Gasteiger partial charge in [0.25, 0.3) is 5.91 Å². The molecule has 1 aromatic rings. The highest BCUT2D eigenvalue weighted by Gasteiger charge is 2.22. The van der Waals surface area contributed by atoms with Crippen molar-refractivity contribution in [3.8, 4) is 11.5 Å². The summed E-state index contributed by atoms with van der Waals surface area (Å²) in [5.41, 5.74) is 0.350. The normalized spacial score (nSPS) is 15.0. The van der Waals surface area contributed by atoms with E-state index in [0.29, 0.717) is 30.0 Å². The van der Waals surface area contributed by atoms with Crippen LogP contribution in [0.15, 0.2) is 18.2 Å². The number of hydrogen-bond acceptors (Lipinski definition) is 4. The second-order valence-corrected chi connectivity index (χ2v) is 5.99. The van der Waals surface area contributed by atoms with E-state index in [4.69, 9.17) is 9.47 Å². The zero-order valence-electron chi connectivity index (χ0n) is 12.1. The van der Waals surface area contributed by atoms with Gasteiger partial charge in [-0.25, -0.2) is 0 Å². The van der Waals surface area contributed by atoms with Gasteiger partial charge in [-0.1, -0.05) is 20.8 Å². The summed E-state index contributed by atoms with van der Waals surface area (Å²) in [5.74, 6) is 1.07. The molecule has 2 rings (SSSR count). The summed E-state index contributed by atoms with van der Waals surface area (Å²) < 4.78 is 10.4. The molecule has 0 fully saturated rings. The van der Waals surface area contributed by atoms with E-state index in [0.717, 1.165) is 0 Å². The van der Waals surface area contributed by atoms with Crippen LogP contribution in [0.4, 0.5) is 0 Å². The van der Waals surface area contributed by atoms with E-state index in [9.17, 15) is 9.90 Å². The summed E-state index contributed by atoms with van der Waals surface area (Å²) in [6.07, 6.45) is 0.0827. The summed E-state index contributed by atoms with van der Waals surface area (Å²) in [4.78, 5) is 12.0. The lowest BCUT2D eigenvalue weighted by Crippen LogP contribution is -2.32. The second kappa shape index (κ2) is 5.71. The molecule has 20 heavy (non-hydrogen) atoms. The van der Waals surface area contributed by atoms with E-state index in [1.54, 1.807) is 18.2 Å². The number of aliphatic hydroxyl groups excluding tert-OH is 1. The SMILES string of the molecule is CC(C)(C)C(O)CCNC(=O)c1ccc2c(c1)OCO2. The van der Waals surface area contributed by atoms with Gasteiger partial charge in [-0.05, 0) is 30.0 Å². The Balaban J connectivity index is 1.86. The Kier molecular flexibility index (Phi) is 4.18. The quantitative estimate of drug-likeness (QED) is 0.884. The summed E-state index contributed by atoms with van der Waals surface area (Å²) in [5, 5.41) is 12.7. The fraction of sp³-hybridized carbons (Fsp3) is 0.533. The highest BCUT2D eigenvalue weighted by molar-refractivity contribution is 5.94. The van der Waals surface area contributed by atoms with Crippen LogP contribution >= 0.6 is 0 Å². The number of fused-ring (bicyclic) bond motifs is 1. The van der Waals surface area contributed by atoms with E-state index in [-0.39, 0.29) is 18.1 Å². The molecule has 1 atom stereocenters. The van der Waals surface area contributed by atoms with Crippen LogP contribution in [-0.4, -0.2) is 30.5 Å². The number of hydrogen-bond donors (Lipinski definition) is 2. The van der Waals surface area contributed by atoms with Crippen molar-refractivity contribution in [3.05, 3.63) is 23.8 Å². The molecule has 1 amide bonds. The van der Waals surface area contributed by atoms with Crippen molar-refractivity contribution < 1.29 is 19.4 Å². The summed E-state index contributed by atoms with van der Waals surface area (Å²) in [6, 6.07) is 5.09. The van der Waals surface area contributed by atoms with E-state index >= 15 is 0 Å². The third-order valence-corrected chi connectivity index (χ3v) is 3.34. The molecule has 0 spiro atoms. The van der Waals surface area contributed by atoms with Gasteiger partial charge in [0.1, 0.15) is 0 Å². The van der Waals surface area contributed by atoms with Crippen LogP contribution in [0.1, 0.15) is 37.6 Å². The minimum Gasteiger partial charge on any atom is -0.454 e. The summed E-state index contributed by atoms with van der Waals surface area (Å²) >= 11 is 0. The number of benzene rings is 1. The van der Waals surface area contributed by atoms with Crippen LogP contribution in [0.25, 0.3) is 0 Å². The van der Waals surface area contributed by atoms with Gasteiger partial charge in [0.05, 0.1) is 6.10 Å². The van der Waals surface area contributed by atoms with Crippen LogP contribution in [0.5, 0.6) is 11.5 Å². The van der Waals surface area contributed by atoms with Gasteiger partial charge in [-0.15, -0.1) is 0 Å². The number of carbonyl (C=O) groups excluding carboxylic acids is 1. The highest BCUT2D eigenvalue weighted by atomic mass is 16.7. The Bertz CT molecular complexity index is 493. The first-order valence-corrected chi connectivity index (χ1v) is 6.74. The maximum Gasteiger partial charge on any atom is 0.251 e. The van der Waals surface area contributed by atoms with Gasteiger partial charge in [-0.3, -0.25) is 4.79 Å². The monoisotopic (exact) mass is 279 g/mol. The fourth-order valence-corrected chi connectivity index (χ4v) is 1.90. The number of aliphatic hydroxyl groups is 1. The zero-order valence-corrected chi connectivity index (χ0v) is 12.1. The molecule has 0 bridgehead atoms. The summed E-state index contributed by atoms with van der Waals surface area (Å²) in [6.45, 7) is 6.54. The third-order valence-electron chi connectivity index (χ3n) is 3.34. The molecule has 1 unspecified atom stereocenters. The van der Waals surface area contributed by atoms with Crippen molar-refractivity contribution in [3.63, 3.8) is 0 Å². The molecule has 5 nitrogen and oxygen atoms in total. The van der Waals surface area contributed by atoms with Gasteiger partial charge in [0, 0.05) is 12.1 Å². The Morgan fingerprint density at radius 3 is 2.75 bits per heavy atom. The van der Waals surface area contributed by atoms with Crippen LogP contribution < -0.4 is 14.8 Å². The highest BCUT2D eigenvalue weighted by Crippen LogP contribution is 2.32. The standard InChI is InChI=1S/C15H21NO4/c1-15(2,3)13(17)6-7-16-14(18)10-4-5-11-12(8-10)20-9-19-11/h4-5,8,13,17H,6-7,9H2,1-3H3,(H,16,18). The van der Waals surface area contributed by atoms with Gasteiger partial charge in [0.2, 0.25) is 6.79 Å². The molecule has 1 aliphatic heterocycles. The van der Waals surface area contributed by atoms with Crippen LogP contribution in [0.2, 0.25) is 0 Å². The lowest BCUT2D eigenvalue weighted by molar-refractivity contribution is 0.0551. The van der Waals surface area contributed by atoms with E-state index in [1.165, 1.54) is 0 Å². The van der Waals surface area contributed by atoms with Crippen LogP contribution in [0.3, 0.4) is 0 Å². The van der Waals surface area contributed by atoms with Crippen LogP contribution in [0, 0.1) is 5.41 Å². The lowest BCUT2D eigenvalue weighted by Gasteiger charge is -2.25. The van der Waals surface area contributed by atoms with Gasteiger partial charge in [0.15, 0.2) is 11.5 Å². The average molecular weight is 279 g/mol. The number of ether oxygens (including phenoxy) is 2. The second-order valence-electron chi connectivity index (χ2n) is 5.99. The van der Waals surface area contributed by atoms with Crippen molar-refractivity contribution in [2.75, 3.05) is 13.3 Å². The van der Waals surface area contributed by atoms with Crippen LogP contribution in [-0.2, 0) is 0 Å². The Morgan fingerprint density at radius 2 is 2.05 bits per heavy atom. The smallest absolute Gasteiger partial charge is 0.251 e. The molecular weight excluding hydrogens is 258 g/mol. The fourth-order valence-electron chi connectivity index (χ4n) is 1.90. The largest absolute Gasteiger partial charge is 0.454 e. The van der Waals surface area contributed by atoms with Gasteiger partial charge >= 0.3 is 0 Å². The Hall–Kier alpha value is -1.75. The topological polar surface area (TPSA) is 67.8 Å². The minimum atomic E-state index is -0.445. The first-order valence-electron chi connectivity index (χ1n) is 6.74. The molecule has 0 saturated carbocycles. The number of carbonyl (C=O) groups is 1. The maximum atomic E-state index is 12.0. The predicted molar refractivity (Wildman–Crippen MR) is 75.0 cm³/mol. The first-order chi connectivity index (χ1) is 9.38. The molecule has 1 heterocycles. The molecule has 110 valence electrons. The summed E-state index contributed by atoms with van der Waals surface area (Å²) in [7, 11) is 0. The molecule has 5 heteroatoms. The third kappa shape index (κ3) is 3.42. The molecule has 0 saturated heterocycles. The Morgan fingerprint density at radius 1 is 1.35 bits per heavy atom. The molecule has 0 aromatic heterocycles. The van der Waals surface area contributed by atoms with Crippen molar-refractivity contribution in [1.82, 2.24) is 5.32 Å². The lowest BCUT2D eigenvalue weighted by atomic mass is 9.87. The van der Waals surface area contributed by atoms with Crippen molar-refractivity contribution in [2.24, 2.45) is 5.41 Å². The maximum absolute atomic E-state index is 12.0. The number of amides is 1. The van der Waals surface area contributed by atoms with Crippen molar-refractivity contribution >= 4 is 5.91 Å². The van der Waals surface area contributed by atoms with Crippen molar-refractivity contribution in [2.45, 2.75) is 33.3 Å². The first kappa shape index (κ1) is 14.7. The predicted octanol–water partition coefficient (Wildman–Crippen LogP) is 1.94. The van der Waals surface area contributed by atoms with E-state index in [1.807, 2.05) is 20.8 Å².